The Balaban J connectivity index is 1.64. The lowest BCUT2D eigenvalue weighted by atomic mass is 10.0. The average Bonchev–Trinajstić information content (AvgIpc) is 3.23. The minimum atomic E-state index is -0.148. The summed E-state index contributed by atoms with van der Waals surface area (Å²) >= 11 is 6.46. The van der Waals surface area contributed by atoms with Crippen LogP contribution in [0.2, 0.25) is 0 Å². The van der Waals surface area contributed by atoms with Crippen molar-refractivity contribution in [3.63, 3.8) is 0 Å². The van der Waals surface area contributed by atoms with Crippen molar-refractivity contribution in [2.45, 2.75) is 24.1 Å². The molecule has 1 aliphatic carbocycles. The summed E-state index contributed by atoms with van der Waals surface area (Å²) < 4.78 is 13.6. The van der Waals surface area contributed by atoms with E-state index in [0.29, 0.717) is 18.3 Å². The van der Waals surface area contributed by atoms with Gasteiger partial charge in [-0.1, -0.05) is 48.5 Å². The largest absolute Gasteiger partial charge is 0.207 e. The van der Waals surface area contributed by atoms with Gasteiger partial charge in [0.25, 0.3) is 0 Å². The molecule has 1 fully saturated rings. The van der Waals surface area contributed by atoms with E-state index in [0.717, 1.165) is 12.0 Å². The predicted molar refractivity (Wildman–Crippen MR) is 77.0 cm³/mol. The molecule has 0 nitrogen and oxygen atoms in total. The molecule has 0 aliphatic heterocycles. The third kappa shape index (κ3) is 2.82. The zero-order chi connectivity index (χ0) is 13.2. The van der Waals surface area contributed by atoms with E-state index in [2.05, 4.69) is 24.3 Å². The van der Waals surface area contributed by atoms with Gasteiger partial charge in [-0.05, 0) is 41.9 Å². The summed E-state index contributed by atoms with van der Waals surface area (Å²) in [5.74, 6) is 0.879. The second kappa shape index (κ2) is 5.34. The maximum atomic E-state index is 13.6. The van der Waals surface area contributed by atoms with Gasteiger partial charge in [-0.3, -0.25) is 0 Å². The number of alkyl halides is 1. The molecule has 0 aromatic heterocycles. The van der Waals surface area contributed by atoms with Crippen LogP contribution in [0.3, 0.4) is 0 Å². The molecule has 3 unspecified atom stereocenters. The maximum absolute atomic E-state index is 13.6. The van der Waals surface area contributed by atoms with Crippen molar-refractivity contribution < 1.29 is 4.39 Å². The molecule has 1 saturated carbocycles. The summed E-state index contributed by atoms with van der Waals surface area (Å²) in [7, 11) is 0. The fourth-order valence-corrected chi connectivity index (χ4v) is 3.17. The van der Waals surface area contributed by atoms with Crippen molar-refractivity contribution >= 4 is 11.6 Å². The minimum absolute atomic E-state index is 0.0158. The number of hydrogen-bond acceptors (Lipinski definition) is 0. The van der Waals surface area contributed by atoms with Crippen LogP contribution in [0.15, 0.2) is 54.6 Å². The highest BCUT2D eigenvalue weighted by Crippen LogP contribution is 2.51. The lowest BCUT2D eigenvalue weighted by Gasteiger charge is -2.10. The molecule has 0 heterocycles. The van der Waals surface area contributed by atoms with Gasteiger partial charge < -0.3 is 0 Å². The van der Waals surface area contributed by atoms with E-state index >= 15 is 0 Å². The molecule has 19 heavy (non-hydrogen) atoms. The second-order valence-corrected chi connectivity index (χ2v) is 5.79. The molecule has 3 atom stereocenters. The Kier molecular flexibility index (Phi) is 3.56. The van der Waals surface area contributed by atoms with Crippen LogP contribution in [0.25, 0.3) is 0 Å². The Morgan fingerprint density at radius 2 is 1.74 bits per heavy atom. The van der Waals surface area contributed by atoms with E-state index in [4.69, 9.17) is 11.6 Å². The summed E-state index contributed by atoms with van der Waals surface area (Å²) in [5.41, 5.74) is 2.08. The summed E-state index contributed by atoms with van der Waals surface area (Å²) in [6.07, 6.45) is 1.73. The van der Waals surface area contributed by atoms with Crippen molar-refractivity contribution in [2.75, 3.05) is 0 Å². The van der Waals surface area contributed by atoms with E-state index in [1.165, 1.54) is 11.6 Å². The highest BCUT2D eigenvalue weighted by Gasteiger charge is 2.43. The molecule has 0 radical (unpaired) electrons. The summed E-state index contributed by atoms with van der Waals surface area (Å²) in [6.45, 7) is 0. The first kappa shape index (κ1) is 12.7. The Bertz CT molecular complexity index is 552. The second-order valence-electron chi connectivity index (χ2n) is 5.23. The maximum Gasteiger partial charge on any atom is 0.126 e. The van der Waals surface area contributed by atoms with Crippen molar-refractivity contribution in [1.29, 1.82) is 0 Å². The minimum Gasteiger partial charge on any atom is -0.207 e. The number of benzene rings is 2. The van der Waals surface area contributed by atoms with Crippen molar-refractivity contribution in [3.05, 3.63) is 71.5 Å². The molecular formula is C17H16ClF. The molecule has 0 spiro atoms. The number of halogens is 2. The van der Waals surface area contributed by atoms with Crippen LogP contribution >= 0.6 is 11.6 Å². The zero-order valence-electron chi connectivity index (χ0n) is 10.6. The monoisotopic (exact) mass is 274 g/mol. The van der Waals surface area contributed by atoms with Gasteiger partial charge in [0.15, 0.2) is 0 Å². The van der Waals surface area contributed by atoms with Gasteiger partial charge in [0, 0.05) is 5.38 Å². The Labute approximate surface area is 118 Å². The summed E-state index contributed by atoms with van der Waals surface area (Å²) in [5, 5.41) is 0.0158. The molecule has 98 valence electrons. The smallest absolute Gasteiger partial charge is 0.126 e. The van der Waals surface area contributed by atoms with Gasteiger partial charge >= 0.3 is 0 Å². The Morgan fingerprint density at radius 1 is 1.05 bits per heavy atom. The normalized spacial score (nSPS) is 23.1. The first-order valence-electron chi connectivity index (χ1n) is 6.68. The van der Waals surface area contributed by atoms with Gasteiger partial charge in [-0.25, -0.2) is 4.39 Å². The van der Waals surface area contributed by atoms with Gasteiger partial charge in [0.1, 0.15) is 5.82 Å². The predicted octanol–water partition coefficient (Wildman–Crippen LogP) is 4.78. The van der Waals surface area contributed by atoms with E-state index in [-0.39, 0.29) is 11.2 Å². The first-order chi connectivity index (χ1) is 9.25. The van der Waals surface area contributed by atoms with E-state index < -0.39 is 0 Å². The SMILES string of the molecule is Fc1ccccc1CC(Cl)C1CC1c1ccccc1. The zero-order valence-corrected chi connectivity index (χ0v) is 11.4. The number of hydrogen-bond donors (Lipinski definition) is 0. The van der Waals surface area contributed by atoms with E-state index in [9.17, 15) is 4.39 Å². The van der Waals surface area contributed by atoms with E-state index in [1.807, 2.05) is 18.2 Å². The van der Waals surface area contributed by atoms with Crippen LogP contribution in [-0.4, -0.2) is 5.38 Å². The first-order valence-corrected chi connectivity index (χ1v) is 7.12. The van der Waals surface area contributed by atoms with Crippen LogP contribution in [-0.2, 0) is 6.42 Å². The van der Waals surface area contributed by atoms with Gasteiger partial charge in [-0.2, -0.15) is 0 Å². The molecule has 2 heteroatoms. The highest BCUT2D eigenvalue weighted by molar-refractivity contribution is 6.21. The third-order valence-electron chi connectivity index (χ3n) is 3.90. The molecule has 0 N–H and O–H groups in total. The highest BCUT2D eigenvalue weighted by atomic mass is 35.5. The third-order valence-corrected chi connectivity index (χ3v) is 4.38. The van der Waals surface area contributed by atoms with Crippen LogP contribution in [0, 0.1) is 11.7 Å². The molecular weight excluding hydrogens is 259 g/mol. The molecule has 0 bridgehead atoms. The average molecular weight is 275 g/mol. The van der Waals surface area contributed by atoms with E-state index in [1.54, 1.807) is 6.07 Å². The number of rotatable bonds is 4. The summed E-state index contributed by atoms with van der Waals surface area (Å²) in [6, 6.07) is 17.4. The molecule has 1 aliphatic rings. The van der Waals surface area contributed by atoms with Crippen LogP contribution in [0.4, 0.5) is 4.39 Å². The molecule has 2 aromatic rings. The van der Waals surface area contributed by atoms with Crippen LogP contribution < -0.4 is 0 Å². The van der Waals surface area contributed by atoms with Gasteiger partial charge in [-0.15, -0.1) is 11.6 Å². The molecule has 3 rings (SSSR count). The Morgan fingerprint density at radius 3 is 2.47 bits per heavy atom. The standard InChI is InChI=1S/C17H16ClF/c18-16(10-13-8-4-5-9-17(13)19)15-11-14(15)12-6-2-1-3-7-12/h1-9,14-16H,10-11H2. The molecule has 2 aromatic carbocycles. The van der Waals surface area contributed by atoms with Gasteiger partial charge in [0.05, 0.1) is 0 Å². The summed E-state index contributed by atoms with van der Waals surface area (Å²) in [4.78, 5) is 0. The topological polar surface area (TPSA) is 0 Å². The lowest BCUT2D eigenvalue weighted by Crippen LogP contribution is -2.08. The fourth-order valence-electron chi connectivity index (χ4n) is 2.72. The fraction of sp³-hybridized carbons (Fsp3) is 0.294. The van der Waals surface area contributed by atoms with Crippen molar-refractivity contribution in [2.24, 2.45) is 5.92 Å². The van der Waals surface area contributed by atoms with Crippen molar-refractivity contribution in [1.82, 2.24) is 0 Å². The molecule has 0 saturated heterocycles. The lowest BCUT2D eigenvalue weighted by molar-refractivity contribution is 0.597. The Hall–Kier alpha value is -1.34. The van der Waals surface area contributed by atoms with Gasteiger partial charge in [0.2, 0.25) is 0 Å². The quantitative estimate of drug-likeness (QED) is 0.704. The van der Waals surface area contributed by atoms with Crippen LogP contribution in [0.1, 0.15) is 23.5 Å². The van der Waals surface area contributed by atoms with Crippen LogP contribution in [0.5, 0.6) is 0 Å². The van der Waals surface area contributed by atoms with Crippen molar-refractivity contribution in [3.8, 4) is 0 Å². The molecule has 0 amide bonds.